The molecule has 122 valence electrons. The molecular formula is C17H19FN2O3. The van der Waals surface area contributed by atoms with Gasteiger partial charge in [0.2, 0.25) is 0 Å². The van der Waals surface area contributed by atoms with Gasteiger partial charge in [0.1, 0.15) is 5.82 Å². The molecule has 0 heterocycles. The number of anilines is 1. The van der Waals surface area contributed by atoms with Crippen LogP contribution in [0.1, 0.15) is 18.5 Å². The molecule has 2 aromatic carbocycles. The minimum absolute atomic E-state index is 0.254. The highest BCUT2D eigenvalue weighted by Crippen LogP contribution is 2.29. The van der Waals surface area contributed by atoms with Gasteiger partial charge in [-0.05, 0) is 36.8 Å². The lowest BCUT2D eigenvalue weighted by molar-refractivity contribution is 0.249. The number of amides is 2. The minimum atomic E-state index is -0.367. The summed E-state index contributed by atoms with van der Waals surface area (Å²) in [5, 5.41) is 5.51. The summed E-state index contributed by atoms with van der Waals surface area (Å²) < 4.78 is 23.2. The zero-order valence-electron chi connectivity index (χ0n) is 13.2. The van der Waals surface area contributed by atoms with Crippen molar-refractivity contribution in [2.45, 2.75) is 13.0 Å². The SMILES string of the molecule is COc1ccc(NC(=O)NC(C)c2ccc(F)cc2)cc1OC. The predicted octanol–water partition coefficient (Wildman–Crippen LogP) is 3.73. The molecule has 0 radical (unpaired) electrons. The maximum Gasteiger partial charge on any atom is 0.319 e. The molecule has 2 N–H and O–H groups in total. The molecule has 0 aliphatic rings. The summed E-state index contributed by atoms with van der Waals surface area (Å²) in [6, 6.07) is 10.5. The fourth-order valence-corrected chi connectivity index (χ4v) is 2.11. The molecule has 0 spiro atoms. The van der Waals surface area contributed by atoms with Crippen molar-refractivity contribution < 1.29 is 18.7 Å². The second-order valence-electron chi connectivity index (χ2n) is 4.94. The highest BCUT2D eigenvalue weighted by Gasteiger charge is 2.11. The van der Waals surface area contributed by atoms with Crippen LogP contribution in [0.2, 0.25) is 0 Å². The highest BCUT2D eigenvalue weighted by atomic mass is 19.1. The zero-order chi connectivity index (χ0) is 16.8. The Morgan fingerprint density at radius 1 is 1.04 bits per heavy atom. The molecular weight excluding hydrogens is 299 g/mol. The average Bonchev–Trinajstić information content (AvgIpc) is 2.55. The van der Waals surface area contributed by atoms with Crippen LogP contribution >= 0.6 is 0 Å². The third kappa shape index (κ3) is 4.35. The van der Waals surface area contributed by atoms with Gasteiger partial charge in [0, 0.05) is 11.8 Å². The van der Waals surface area contributed by atoms with Crippen molar-refractivity contribution in [1.82, 2.24) is 5.32 Å². The molecule has 5 nitrogen and oxygen atoms in total. The topological polar surface area (TPSA) is 59.6 Å². The van der Waals surface area contributed by atoms with E-state index in [0.717, 1.165) is 5.56 Å². The number of ether oxygens (including phenoxy) is 2. The summed E-state index contributed by atoms with van der Waals surface area (Å²) in [5.41, 5.74) is 1.39. The number of methoxy groups -OCH3 is 2. The molecule has 0 aliphatic carbocycles. The predicted molar refractivity (Wildman–Crippen MR) is 86.5 cm³/mol. The Morgan fingerprint density at radius 2 is 1.70 bits per heavy atom. The van der Waals surface area contributed by atoms with Gasteiger partial charge in [0.25, 0.3) is 0 Å². The molecule has 1 unspecified atom stereocenters. The van der Waals surface area contributed by atoms with E-state index in [9.17, 15) is 9.18 Å². The van der Waals surface area contributed by atoms with Gasteiger partial charge in [0.05, 0.1) is 20.3 Å². The van der Waals surface area contributed by atoms with Crippen LogP contribution in [0.5, 0.6) is 11.5 Å². The van der Waals surface area contributed by atoms with E-state index in [4.69, 9.17) is 9.47 Å². The first-order valence-electron chi connectivity index (χ1n) is 7.08. The number of urea groups is 1. The first-order valence-corrected chi connectivity index (χ1v) is 7.08. The second-order valence-corrected chi connectivity index (χ2v) is 4.94. The van der Waals surface area contributed by atoms with E-state index >= 15 is 0 Å². The number of carbonyl (C=O) groups is 1. The Bertz CT molecular complexity index is 674. The van der Waals surface area contributed by atoms with Crippen molar-refractivity contribution in [2.24, 2.45) is 0 Å². The van der Waals surface area contributed by atoms with E-state index < -0.39 is 0 Å². The van der Waals surface area contributed by atoms with Crippen molar-refractivity contribution in [3.63, 3.8) is 0 Å². The summed E-state index contributed by atoms with van der Waals surface area (Å²) in [7, 11) is 3.07. The van der Waals surface area contributed by atoms with E-state index in [-0.39, 0.29) is 17.9 Å². The molecule has 0 fully saturated rings. The van der Waals surface area contributed by atoms with Gasteiger partial charge in [-0.25, -0.2) is 9.18 Å². The summed E-state index contributed by atoms with van der Waals surface area (Å²) in [6.07, 6.45) is 0. The molecule has 0 saturated heterocycles. The Kier molecular flexibility index (Phi) is 5.41. The second kappa shape index (κ2) is 7.49. The third-order valence-electron chi connectivity index (χ3n) is 3.36. The fourth-order valence-electron chi connectivity index (χ4n) is 2.11. The van der Waals surface area contributed by atoms with E-state index in [2.05, 4.69) is 10.6 Å². The van der Waals surface area contributed by atoms with E-state index in [1.165, 1.54) is 19.2 Å². The van der Waals surface area contributed by atoms with Gasteiger partial charge < -0.3 is 20.1 Å². The Hall–Kier alpha value is -2.76. The molecule has 2 rings (SSSR count). The fraction of sp³-hybridized carbons (Fsp3) is 0.235. The van der Waals surface area contributed by atoms with Crippen molar-refractivity contribution in [1.29, 1.82) is 0 Å². The Labute approximate surface area is 134 Å². The lowest BCUT2D eigenvalue weighted by Gasteiger charge is -2.16. The molecule has 1 atom stereocenters. The quantitative estimate of drug-likeness (QED) is 0.883. The van der Waals surface area contributed by atoms with Gasteiger partial charge in [-0.2, -0.15) is 0 Å². The molecule has 2 aromatic rings. The summed E-state index contributed by atoms with van der Waals surface area (Å²) in [5.74, 6) is 0.797. The molecule has 0 bridgehead atoms. The van der Waals surface area contributed by atoms with Crippen LogP contribution < -0.4 is 20.1 Å². The van der Waals surface area contributed by atoms with Gasteiger partial charge in [0.15, 0.2) is 11.5 Å². The summed E-state index contributed by atoms with van der Waals surface area (Å²) in [6.45, 7) is 1.82. The molecule has 23 heavy (non-hydrogen) atoms. The van der Waals surface area contributed by atoms with Gasteiger partial charge in [-0.3, -0.25) is 0 Å². The molecule has 6 heteroatoms. The number of halogens is 1. The smallest absolute Gasteiger partial charge is 0.319 e. The van der Waals surface area contributed by atoms with Crippen LogP contribution in [0, 0.1) is 5.82 Å². The standard InChI is InChI=1S/C17H19FN2O3/c1-11(12-4-6-13(18)7-5-12)19-17(21)20-14-8-9-15(22-2)16(10-14)23-3/h4-11H,1-3H3,(H2,19,20,21). The van der Waals surface area contributed by atoms with Crippen LogP contribution in [0.25, 0.3) is 0 Å². The van der Waals surface area contributed by atoms with Crippen molar-refractivity contribution in [3.8, 4) is 11.5 Å². The van der Waals surface area contributed by atoms with Crippen molar-refractivity contribution in [2.75, 3.05) is 19.5 Å². The number of carbonyl (C=O) groups excluding carboxylic acids is 1. The average molecular weight is 318 g/mol. The Morgan fingerprint density at radius 3 is 2.30 bits per heavy atom. The zero-order valence-corrected chi connectivity index (χ0v) is 13.2. The number of benzene rings is 2. The first-order chi connectivity index (χ1) is 11.0. The first kappa shape index (κ1) is 16.6. The van der Waals surface area contributed by atoms with Crippen LogP contribution in [-0.4, -0.2) is 20.3 Å². The van der Waals surface area contributed by atoms with Gasteiger partial charge in [-0.1, -0.05) is 12.1 Å². The Balaban J connectivity index is 2.00. The van der Waals surface area contributed by atoms with Gasteiger partial charge in [-0.15, -0.1) is 0 Å². The van der Waals surface area contributed by atoms with E-state index in [1.807, 2.05) is 6.92 Å². The normalized spacial score (nSPS) is 11.5. The maximum atomic E-state index is 12.9. The molecule has 0 aliphatic heterocycles. The number of hydrogen-bond acceptors (Lipinski definition) is 3. The van der Waals surface area contributed by atoms with E-state index in [1.54, 1.807) is 37.4 Å². The molecule has 2 amide bonds. The lowest BCUT2D eigenvalue weighted by atomic mass is 10.1. The van der Waals surface area contributed by atoms with Gasteiger partial charge >= 0.3 is 6.03 Å². The van der Waals surface area contributed by atoms with Crippen LogP contribution in [0.4, 0.5) is 14.9 Å². The monoisotopic (exact) mass is 318 g/mol. The lowest BCUT2D eigenvalue weighted by Crippen LogP contribution is -2.31. The van der Waals surface area contributed by atoms with E-state index in [0.29, 0.717) is 17.2 Å². The highest BCUT2D eigenvalue weighted by molar-refractivity contribution is 5.89. The summed E-state index contributed by atoms with van der Waals surface area (Å²) >= 11 is 0. The van der Waals surface area contributed by atoms with Crippen molar-refractivity contribution in [3.05, 3.63) is 53.8 Å². The molecule has 0 aromatic heterocycles. The largest absolute Gasteiger partial charge is 0.493 e. The van der Waals surface area contributed by atoms with Crippen LogP contribution in [0.15, 0.2) is 42.5 Å². The third-order valence-corrected chi connectivity index (χ3v) is 3.36. The number of nitrogens with one attached hydrogen (secondary N) is 2. The minimum Gasteiger partial charge on any atom is -0.493 e. The van der Waals surface area contributed by atoms with Crippen LogP contribution in [0.3, 0.4) is 0 Å². The number of rotatable bonds is 5. The van der Waals surface area contributed by atoms with Crippen molar-refractivity contribution >= 4 is 11.7 Å². The molecule has 0 saturated carbocycles. The maximum absolute atomic E-state index is 12.9. The summed E-state index contributed by atoms with van der Waals surface area (Å²) in [4.78, 5) is 12.0. The number of hydrogen-bond donors (Lipinski definition) is 2. The van der Waals surface area contributed by atoms with Crippen LogP contribution in [-0.2, 0) is 0 Å².